The number of hydrogen-bond acceptors (Lipinski definition) is 3. The summed E-state index contributed by atoms with van der Waals surface area (Å²) in [5.74, 6) is 0.223. The molecule has 0 bridgehead atoms. The first-order valence-electron chi connectivity index (χ1n) is 5.55. The summed E-state index contributed by atoms with van der Waals surface area (Å²) in [6, 6.07) is 3.19. The smallest absolute Gasteiger partial charge is 0.152 e. The minimum absolute atomic E-state index is 0.223. The first kappa shape index (κ1) is 11.7. The lowest BCUT2D eigenvalue weighted by molar-refractivity contribution is 0.112. The fourth-order valence-electron chi connectivity index (χ4n) is 1.96. The van der Waals surface area contributed by atoms with Gasteiger partial charge in [0.1, 0.15) is 5.75 Å². The Morgan fingerprint density at radius 3 is 2.82 bits per heavy atom. The molecule has 0 atom stereocenters. The third-order valence-electron chi connectivity index (χ3n) is 2.88. The molecule has 0 unspecified atom stereocenters. The molecule has 17 heavy (non-hydrogen) atoms. The summed E-state index contributed by atoms with van der Waals surface area (Å²) in [4.78, 5) is 16.0. The molecule has 0 saturated carbocycles. The summed E-state index contributed by atoms with van der Waals surface area (Å²) in [6.07, 6.45) is 3.50. The van der Waals surface area contributed by atoms with E-state index in [4.69, 9.17) is 0 Å². The van der Waals surface area contributed by atoms with E-state index in [1.54, 1.807) is 12.1 Å². The number of phenolic OH excluding ortho intramolecular Hbond substituents is 1. The number of carbonyl (C=O) groups excluding carboxylic acids is 1. The number of hydrogen-bond donors (Lipinski definition) is 2. The second-order valence-corrected chi connectivity index (χ2v) is 4.41. The Bertz CT molecular complexity index is 544. The summed E-state index contributed by atoms with van der Waals surface area (Å²) in [5.41, 5.74) is 2.33. The average Bonchev–Trinajstić information content (AvgIpc) is 2.72. The minimum atomic E-state index is 0.223. The molecule has 0 radical (unpaired) electrons. The monoisotopic (exact) mass is 232 g/mol. The second kappa shape index (κ2) is 4.59. The van der Waals surface area contributed by atoms with Crippen molar-refractivity contribution in [1.82, 2.24) is 9.88 Å². The molecular formula is C13H16N2O2. The van der Waals surface area contributed by atoms with E-state index in [1.165, 1.54) is 0 Å². The molecule has 4 nitrogen and oxygen atoms in total. The molecule has 0 aliphatic rings. The molecule has 0 spiro atoms. The van der Waals surface area contributed by atoms with E-state index in [-0.39, 0.29) is 5.75 Å². The Labute approximate surface area is 99.9 Å². The van der Waals surface area contributed by atoms with E-state index >= 15 is 0 Å². The van der Waals surface area contributed by atoms with E-state index in [1.807, 2.05) is 20.3 Å². The van der Waals surface area contributed by atoms with Crippen molar-refractivity contribution in [2.24, 2.45) is 0 Å². The molecular weight excluding hydrogens is 216 g/mol. The van der Waals surface area contributed by atoms with Crippen LogP contribution in [0.3, 0.4) is 0 Å². The molecule has 1 aromatic carbocycles. The summed E-state index contributed by atoms with van der Waals surface area (Å²) in [5, 5.41) is 10.6. The van der Waals surface area contributed by atoms with Gasteiger partial charge in [-0.1, -0.05) is 0 Å². The fourth-order valence-corrected chi connectivity index (χ4v) is 1.96. The van der Waals surface area contributed by atoms with Gasteiger partial charge in [0.2, 0.25) is 0 Å². The van der Waals surface area contributed by atoms with Crippen LogP contribution < -0.4 is 0 Å². The second-order valence-electron chi connectivity index (χ2n) is 4.41. The molecule has 4 heteroatoms. The fraction of sp³-hybridized carbons (Fsp3) is 0.308. The van der Waals surface area contributed by atoms with Crippen molar-refractivity contribution in [2.45, 2.75) is 6.42 Å². The third kappa shape index (κ3) is 2.17. The number of aromatic nitrogens is 1. The lowest BCUT2D eigenvalue weighted by Gasteiger charge is -2.08. The number of H-pyrrole nitrogens is 1. The molecule has 0 aliphatic carbocycles. The molecule has 0 fully saturated rings. The lowest BCUT2D eigenvalue weighted by atomic mass is 10.1. The van der Waals surface area contributed by atoms with Crippen LogP contribution in [0.1, 0.15) is 15.9 Å². The molecule has 2 N–H and O–H groups in total. The predicted molar refractivity (Wildman–Crippen MR) is 67.6 cm³/mol. The predicted octanol–water partition coefficient (Wildman–Crippen LogP) is 1.79. The summed E-state index contributed by atoms with van der Waals surface area (Å²) < 4.78 is 0. The highest BCUT2D eigenvalue weighted by atomic mass is 16.3. The number of rotatable bonds is 4. The minimum Gasteiger partial charge on any atom is -0.507 e. The van der Waals surface area contributed by atoms with Crippen molar-refractivity contribution in [3.63, 3.8) is 0 Å². The zero-order valence-electron chi connectivity index (χ0n) is 10.0. The van der Waals surface area contributed by atoms with Crippen molar-refractivity contribution < 1.29 is 9.90 Å². The molecule has 1 aromatic heterocycles. The molecule has 0 saturated heterocycles. The van der Waals surface area contributed by atoms with Crippen molar-refractivity contribution in [2.75, 3.05) is 20.6 Å². The summed E-state index contributed by atoms with van der Waals surface area (Å²) >= 11 is 0. The third-order valence-corrected chi connectivity index (χ3v) is 2.88. The van der Waals surface area contributed by atoms with Crippen molar-refractivity contribution in [3.05, 3.63) is 29.5 Å². The highest BCUT2D eigenvalue weighted by molar-refractivity contribution is 6.00. The first-order chi connectivity index (χ1) is 8.13. The van der Waals surface area contributed by atoms with E-state index in [9.17, 15) is 9.90 Å². The zero-order valence-corrected chi connectivity index (χ0v) is 10.0. The van der Waals surface area contributed by atoms with Gasteiger partial charge < -0.3 is 15.0 Å². The molecule has 0 amide bonds. The highest BCUT2D eigenvalue weighted by Gasteiger charge is 2.11. The van der Waals surface area contributed by atoms with Crippen LogP contribution in [0, 0.1) is 0 Å². The standard InChI is InChI=1S/C13H16N2O2/c1-15(2)6-5-9-7-14-13-10(8-16)3-4-11(17)12(9)13/h3-4,7-8,14,17H,5-6H2,1-2H3. The molecule has 90 valence electrons. The highest BCUT2D eigenvalue weighted by Crippen LogP contribution is 2.30. The molecule has 1 heterocycles. The van der Waals surface area contributed by atoms with Crippen LogP contribution in [0.25, 0.3) is 10.9 Å². The quantitative estimate of drug-likeness (QED) is 0.790. The van der Waals surface area contributed by atoms with Crippen LogP contribution in [0.5, 0.6) is 5.75 Å². The van der Waals surface area contributed by atoms with Gasteiger partial charge in [0, 0.05) is 23.7 Å². The van der Waals surface area contributed by atoms with E-state index in [0.29, 0.717) is 11.1 Å². The normalized spacial score (nSPS) is 11.2. The zero-order chi connectivity index (χ0) is 12.4. The number of aromatic hydroxyl groups is 1. The van der Waals surface area contributed by atoms with Crippen LogP contribution in [-0.2, 0) is 6.42 Å². The molecule has 2 aromatic rings. The van der Waals surface area contributed by atoms with Gasteiger partial charge in [0.15, 0.2) is 6.29 Å². The first-order valence-corrected chi connectivity index (χ1v) is 5.55. The van der Waals surface area contributed by atoms with Gasteiger partial charge in [0.05, 0.1) is 5.52 Å². The van der Waals surface area contributed by atoms with Gasteiger partial charge in [-0.25, -0.2) is 0 Å². The number of aromatic amines is 1. The van der Waals surface area contributed by atoms with Gasteiger partial charge in [0.25, 0.3) is 0 Å². The van der Waals surface area contributed by atoms with Crippen LogP contribution in [0.15, 0.2) is 18.3 Å². The van der Waals surface area contributed by atoms with E-state index in [0.717, 1.165) is 30.2 Å². The maximum absolute atomic E-state index is 10.9. The topological polar surface area (TPSA) is 56.3 Å². The van der Waals surface area contributed by atoms with Gasteiger partial charge in [-0.05, 0) is 38.2 Å². The lowest BCUT2D eigenvalue weighted by Crippen LogP contribution is -2.14. The Balaban J connectivity index is 2.48. The number of likely N-dealkylation sites (N-methyl/N-ethyl adjacent to an activating group) is 1. The van der Waals surface area contributed by atoms with Gasteiger partial charge in [-0.3, -0.25) is 4.79 Å². The van der Waals surface area contributed by atoms with Crippen LogP contribution in [0.4, 0.5) is 0 Å². The Kier molecular flexibility index (Phi) is 3.15. The van der Waals surface area contributed by atoms with Crippen LogP contribution in [-0.4, -0.2) is 41.9 Å². The van der Waals surface area contributed by atoms with E-state index in [2.05, 4.69) is 9.88 Å². The number of aldehydes is 1. The SMILES string of the molecule is CN(C)CCc1c[nH]c2c(C=O)ccc(O)c12. The number of benzene rings is 1. The van der Waals surface area contributed by atoms with Crippen LogP contribution >= 0.6 is 0 Å². The Morgan fingerprint density at radius 1 is 1.41 bits per heavy atom. The number of carbonyl (C=O) groups is 1. The van der Waals surface area contributed by atoms with E-state index < -0.39 is 0 Å². The maximum atomic E-state index is 10.9. The van der Waals surface area contributed by atoms with Crippen LogP contribution in [0.2, 0.25) is 0 Å². The number of nitrogens with one attached hydrogen (secondary N) is 1. The molecule has 2 rings (SSSR count). The van der Waals surface area contributed by atoms with Gasteiger partial charge in [-0.15, -0.1) is 0 Å². The largest absolute Gasteiger partial charge is 0.507 e. The van der Waals surface area contributed by atoms with Crippen molar-refractivity contribution >= 4 is 17.2 Å². The number of nitrogens with zero attached hydrogens (tertiary/aromatic N) is 1. The molecule has 0 aliphatic heterocycles. The van der Waals surface area contributed by atoms with Crippen molar-refractivity contribution in [1.29, 1.82) is 0 Å². The van der Waals surface area contributed by atoms with Crippen molar-refractivity contribution in [3.8, 4) is 5.75 Å². The maximum Gasteiger partial charge on any atom is 0.152 e. The van der Waals surface area contributed by atoms with Gasteiger partial charge in [-0.2, -0.15) is 0 Å². The Morgan fingerprint density at radius 2 is 2.18 bits per heavy atom. The Hall–Kier alpha value is -1.81. The summed E-state index contributed by atoms with van der Waals surface area (Å²) in [6.45, 7) is 0.901. The average molecular weight is 232 g/mol. The number of fused-ring (bicyclic) bond motifs is 1. The van der Waals surface area contributed by atoms with Gasteiger partial charge >= 0.3 is 0 Å². The summed E-state index contributed by atoms with van der Waals surface area (Å²) in [7, 11) is 4.01. The number of phenols is 1.